The van der Waals surface area contributed by atoms with E-state index in [4.69, 9.17) is 9.47 Å². The molecule has 4 nitrogen and oxygen atoms in total. The highest BCUT2D eigenvalue weighted by Crippen LogP contribution is 2.44. The highest BCUT2D eigenvalue weighted by atomic mass is 19.1. The van der Waals surface area contributed by atoms with Gasteiger partial charge in [-0.25, -0.2) is 4.39 Å². The number of carbonyl (C=O) groups is 1. The first-order chi connectivity index (χ1) is 14.9. The number of methoxy groups -OCH3 is 1. The van der Waals surface area contributed by atoms with E-state index >= 15 is 0 Å². The van der Waals surface area contributed by atoms with Crippen LogP contribution in [0.15, 0.2) is 72.3 Å². The van der Waals surface area contributed by atoms with E-state index < -0.39 is 5.97 Å². The van der Waals surface area contributed by atoms with Crippen molar-refractivity contribution in [2.45, 2.75) is 13.3 Å². The number of fused-ring (bicyclic) bond motifs is 1. The summed E-state index contributed by atoms with van der Waals surface area (Å²) in [6.07, 6.45) is 2.00. The molecule has 31 heavy (non-hydrogen) atoms. The van der Waals surface area contributed by atoms with E-state index in [1.54, 1.807) is 19.2 Å². The van der Waals surface area contributed by atoms with Gasteiger partial charge in [0.25, 0.3) is 0 Å². The third-order valence-corrected chi connectivity index (χ3v) is 5.27. The van der Waals surface area contributed by atoms with Crippen molar-refractivity contribution in [1.82, 2.24) is 0 Å². The zero-order valence-electron chi connectivity index (χ0n) is 17.2. The molecule has 0 spiro atoms. The van der Waals surface area contributed by atoms with Gasteiger partial charge in [0.15, 0.2) is 0 Å². The van der Waals surface area contributed by atoms with Gasteiger partial charge in [-0.3, -0.25) is 4.79 Å². The second-order valence-electron chi connectivity index (χ2n) is 7.27. The van der Waals surface area contributed by atoms with Gasteiger partial charge in [-0.05, 0) is 94.9 Å². The largest absolute Gasteiger partial charge is 0.497 e. The number of hydrogen-bond donors (Lipinski definition) is 1. The SMILES string of the molecule is COc1ccc2c(c1)/C(=C\c1ccc(Oc3ccc(F)cc3)cc1)C(C)=C2CC(=O)O. The van der Waals surface area contributed by atoms with Crippen LogP contribution in [0.25, 0.3) is 17.2 Å². The van der Waals surface area contributed by atoms with Crippen LogP contribution in [0.4, 0.5) is 4.39 Å². The van der Waals surface area contributed by atoms with Gasteiger partial charge in [0.2, 0.25) is 0 Å². The van der Waals surface area contributed by atoms with Gasteiger partial charge in [-0.2, -0.15) is 0 Å². The number of carboxylic acids is 1. The highest BCUT2D eigenvalue weighted by Gasteiger charge is 2.25. The number of allylic oxidation sites excluding steroid dienone is 2. The van der Waals surface area contributed by atoms with Crippen LogP contribution in [0.2, 0.25) is 0 Å². The summed E-state index contributed by atoms with van der Waals surface area (Å²) in [6.45, 7) is 1.95. The summed E-state index contributed by atoms with van der Waals surface area (Å²) in [6, 6.07) is 19.1. The molecule has 1 aliphatic carbocycles. The summed E-state index contributed by atoms with van der Waals surface area (Å²) in [5.74, 6) is 0.743. The zero-order valence-corrected chi connectivity index (χ0v) is 17.2. The van der Waals surface area contributed by atoms with Crippen LogP contribution in [-0.2, 0) is 4.79 Å². The lowest BCUT2D eigenvalue weighted by atomic mass is 10.0. The molecular formula is C26H21FO4. The maximum atomic E-state index is 13.0. The fourth-order valence-electron chi connectivity index (χ4n) is 3.71. The summed E-state index contributed by atoms with van der Waals surface area (Å²) >= 11 is 0. The van der Waals surface area contributed by atoms with E-state index in [0.29, 0.717) is 11.5 Å². The standard InChI is InChI=1S/C26H21FO4/c1-16-23(25-14-21(30-2)11-12-22(25)24(16)15-26(28)29)13-17-3-7-19(8-4-17)31-20-9-5-18(27)6-10-20/h3-14H,15H2,1-2H3,(H,28,29)/b23-13-. The lowest BCUT2D eigenvalue weighted by molar-refractivity contribution is -0.135. The molecule has 0 atom stereocenters. The van der Waals surface area contributed by atoms with Crippen molar-refractivity contribution in [2.24, 2.45) is 0 Å². The van der Waals surface area contributed by atoms with Crippen molar-refractivity contribution in [1.29, 1.82) is 0 Å². The highest BCUT2D eigenvalue weighted by molar-refractivity contribution is 6.07. The van der Waals surface area contributed by atoms with Crippen molar-refractivity contribution in [3.63, 3.8) is 0 Å². The van der Waals surface area contributed by atoms with E-state index in [-0.39, 0.29) is 12.2 Å². The number of carboxylic acid groups (broad SMARTS) is 1. The van der Waals surface area contributed by atoms with Crippen molar-refractivity contribution in [2.75, 3.05) is 7.11 Å². The Labute approximate surface area is 179 Å². The minimum atomic E-state index is -0.861. The van der Waals surface area contributed by atoms with Crippen molar-refractivity contribution < 1.29 is 23.8 Å². The van der Waals surface area contributed by atoms with E-state index in [1.165, 1.54) is 12.1 Å². The van der Waals surface area contributed by atoms with Gasteiger partial charge in [0, 0.05) is 0 Å². The summed E-state index contributed by atoms with van der Waals surface area (Å²) in [7, 11) is 1.61. The first-order valence-corrected chi connectivity index (χ1v) is 9.80. The third kappa shape index (κ3) is 4.36. The quantitative estimate of drug-likeness (QED) is 0.503. The fraction of sp³-hybridized carbons (Fsp3) is 0.115. The lowest BCUT2D eigenvalue weighted by Crippen LogP contribution is -1.97. The van der Waals surface area contributed by atoms with E-state index in [9.17, 15) is 14.3 Å². The molecule has 0 saturated carbocycles. The molecule has 0 amide bonds. The fourth-order valence-corrected chi connectivity index (χ4v) is 3.71. The maximum Gasteiger partial charge on any atom is 0.307 e. The average Bonchev–Trinajstić information content (AvgIpc) is 3.01. The van der Waals surface area contributed by atoms with Crippen LogP contribution in [-0.4, -0.2) is 18.2 Å². The molecule has 0 radical (unpaired) electrons. The molecule has 1 N–H and O–H groups in total. The minimum Gasteiger partial charge on any atom is -0.497 e. The summed E-state index contributed by atoms with van der Waals surface area (Å²) in [5.41, 5.74) is 5.55. The molecular weight excluding hydrogens is 395 g/mol. The van der Waals surface area contributed by atoms with Crippen molar-refractivity contribution >= 4 is 23.2 Å². The average molecular weight is 416 g/mol. The monoisotopic (exact) mass is 416 g/mol. The van der Waals surface area contributed by atoms with Crippen LogP contribution in [0.3, 0.4) is 0 Å². The van der Waals surface area contributed by atoms with Gasteiger partial charge >= 0.3 is 5.97 Å². The van der Waals surface area contributed by atoms with Gasteiger partial charge in [-0.15, -0.1) is 0 Å². The molecule has 1 aliphatic rings. The first kappa shape index (κ1) is 20.4. The predicted octanol–water partition coefficient (Wildman–Crippen LogP) is 6.43. The predicted molar refractivity (Wildman–Crippen MR) is 119 cm³/mol. The number of rotatable bonds is 6. The van der Waals surface area contributed by atoms with Crippen LogP contribution in [0, 0.1) is 5.82 Å². The second-order valence-corrected chi connectivity index (χ2v) is 7.27. The molecule has 4 rings (SSSR count). The molecule has 0 heterocycles. The normalized spacial score (nSPS) is 14.0. The van der Waals surface area contributed by atoms with Gasteiger partial charge in [0.05, 0.1) is 13.5 Å². The number of hydrogen-bond acceptors (Lipinski definition) is 3. The summed E-state index contributed by atoms with van der Waals surface area (Å²) in [4.78, 5) is 11.4. The van der Waals surface area contributed by atoms with Gasteiger partial charge in [0.1, 0.15) is 23.1 Å². The summed E-state index contributed by atoms with van der Waals surface area (Å²) in [5, 5.41) is 9.35. The Balaban J connectivity index is 1.66. The minimum absolute atomic E-state index is 0.0348. The number of benzene rings is 3. The molecule has 0 saturated heterocycles. The van der Waals surface area contributed by atoms with Crippen LogP contribution in [0.5, 0.6) is 17.2 Å². The smallest absolute Gasteiger partial charge is 0.307 e. The summed E-state index contributed by atoms with van der Waals surface area (Å²) < 4.78 is 24.2. The molecule has 156 valence electrons. The number of halogens is 1. The van der Waals surface area contributed by atoms with E-state index in [1.807, 2.05) is 55.5 Å². The number of ether oxygens (including phenoxy) is 2. The van der Waals surface area contributed by atoms with Crippen LogP contribution >= 0.6 is 0 Å². The molecule has 5 heteroatoms. The van der Waals surface area contributed by atoms with Crippen molar-refractivity contribution in [3.8, 4) is 17.2 Å². The lowest BCUT2D eigenvalue weighted by Gasteiger charge is -2.08. The molecule has 0 fully saturated rings. The maximum absolute atomic E-state index is 13.0. The topological polar surface area (TPSA) is 55.8 Å². The second kappa shape index (κ2) is 8.48. The zero-order chi connectivity index (χ0) is 22.0. The molecule has 3 aromatic carbocycles. The van der Waals surface area contributed by atoms with Crippen molar-refractivity contribution in [3.05, 3.63) is 94.8 Å². The first-order valence-electron chi connectivity index (χ1n) is 9.80. The molecule has 0 aromatic heterocycles. The Morgan fingerprint density at radius 2 is 1.55 bits per heavy atom. The Kier molecular flexibility index (Phi) is 5.58. The molecule has 0 aliphatic heterocycles. The van der Waals surface area contributed by atoms with Gasteiger partial charge in [-0.1, -0.05) is 18.2 Å². The van der Waals surface area contributed by atoms with E-state index in [2.05, 4.69) is 0 Å². The number of aliphatic carboxylic acids is 1. The Hall–Kier alpha value is -3.86. The van der Waals surface area contributed by atoms with Crippen LogP contribution in [0.1, 0.15) is 30.0 Å². The molecule has 0 bridgehead atoms. The Morgan fingerprint density at radius 1 is 0.935 bits per heavy atom. The molecule has 0 unspecified atom stereocenters. The Morgan fingerprint density at radius 3 is 2.16 bits per heavy atom. The Bertz CT molecular complexity index is 1190. The van der Waals surface area contributed by atoms with Crippen LogP contribution < -0.4 is 9.47 Å². The van der Waals surface area contributed by atoms with Gasteiger partial charge < -0.3 is 14.6 Å². The molecule has 3 aromatic rings. The third-order valence-electron chi connectivity index (χ3n) is 5.27. The van der Waals surface area contributed by atoms with E-state index in [0.717, 1.165) is 39.2 Å².